The van der Waals surface area contributed by atoms with Crippen molar-refractivity contribution >= 4 is 5.91 Å². The van der Waals surface area contributed by atoms with E-state index in [-0.39, 0.29) is 12.2 Å². The Labute approximate surface area is 93.6 Å². The van der Waals surface area contributed by atoms with E-state index in [0.717, 1.165) is 6.07 Å². The summed E-state index contributed by atoms with van der Waals surface area (Å²) in [7, 11) is 1.81. The van der Waals surface area contributed by atoms with Crippen molar-refractivity contribution in [3.05, 3.63) is 35.1 Å². The minimum absolute atomic E-state index is 0.163. The van der Waals surface area contributed by atoms with Crippen molar-refractivity contribution in [1.82, 2.24) is 5.32 Å². The summed E-state index contributed by atoms with van der Waals surface area (Å²) in [4.78, 5) is 10.8. The molecule has 0 radical (unpaired) electrons. The fourth-order valence-corrected chi connectivity index (χ4v) is 1.17. The van der Waals surface area contributed by atoms with Gasteiger partial charge in [-0.15, -0.1) is 0 Å². The number of benzene rings is 1. The monoisotopic (exact) mass is 226 g/mol. The minimum atomic E-state index is -0.637. The first-order chi connectivity index (χ1) is 7.65. The van der Waals surface area contributed by atoms with Crippen LogP contribution in [0.25, 0.3) is 0 Å². The van der Waals surface area contributed by atoms with Gasteiger partial charge in [0.25, 0.3) is 0 Å². The van der Waals surface area contributed by atoms with Gasteiger partial charge in [-0.2, -0.15) is 0 Å². The number of hydrogen-bond acceptors (Lipinski definition) is 3. The van der Waals surface area contributed by atoms with E-state index in [2.05, 4.69) is 5.32 Å². The zero-order valence-corrected chi connectivity index (χ0v) is 9.13. The second-order valence-electron chi connectivity index (χ2n) is 3.33. The van der Waals surface area contributed by atoms with Crippen LogP contribution in [0.2, 0.25) is 0 Å². The molecule has 0 aliphatic rings. The van der Waals surface area contributed by atoms with Gasteiger partial charge < -0.3 is 15.8 Å². The summed E-state index contributed by atoms with van der Waals surface area (Å²) in [5.41, 5.74) is 5.61. The van der Waals surface area contributed by atoms with Crippen LogP contribution < -0.4 is 11.1 Å². The molecular weight excluding hydrogens is 211 g/mol. The van der Waals surface area contributed by atoms with Crippen LogP contribution in [0.5, 0.6) is 0 Å². The van der Waals surface area contributed by atoms with Gasteiger partial charge in [0, 0.05) is 17.7 Å². The molecule has 0 heterocycles. The van der Waals surface area contributed by atoms with Crippen LogP contribution in [0.4, 0.5) is 4.39 Å². The standard InChI is InChI=1S/C11H15FN2O2/c1-14-4-5-16-7-9-3-2-8(11(13)15)6-10(9)12/h2-3,6,14H,4-5,7H2,1H3,(H2,13,15). The van der Waals surface area contributed by atoms with Crippen LogP contribution in [0.3, 0.4) is 0 Å². The average molecular weight is 226 g/mol. The zero-order chi connectivity index (χ0) is 12.0. The van der Waals surface area contributed by atoms with E-state index < -0.39 is 11.7 Å². The Morgan fingerprint density at radius 2 is 2.31 bits per heavy atom. The lowest BCUT2D eigenvalue weighted by Crippen LogP contribution is -2.14. The van der Waals surface area contributed by atoms with E-state index in [9.17, 15) is 9.18 Å². The molecule has 5 heteroatoms. The van der Waals surface area contributed by atoms with Crippen LogP contribution in [-0.2, 0) is 11.3 Å². The molecule has 0 aliphatic heterocycles. The van der Waals surface area contributed by atoms with Gasteiger partial charge in [0.1, 0.15) is 5.82 Å². The van der Waals surface area contributed by atoms with E-state index >= 15 is 0 Å². The highest BCUT2D eigenvalue weighted by Gasteiger charge is 2.06. The first kappa shape index (κ1) is 12.6. The van der Waals surface area contributed by atoms with E-state index in [1.165, 1.54) is 12.1 Å². The topological polar surface area (TPSA) is 64.3 Å². The minimum Gasteiger partial charge on any atom is -0.375 e. The lowest BCUT2D eigenvalue weighted by atomic mass is 10.1. The summed E-state index contributed by atoms with van der Waals surface area (Å²) in [5, 5.41) is 2.91. The van der Waals surface area contributed by atoms with Crippen LogP contribution >= 0.6 is 0 Å². The van der Waals surface area contributed by atoms with Crippen LogP contribution in [0.15, 0.2) is 18.2 Å². The Morgan fingerprint density at radius 1 is 1.56 bits per heavy atom. The number of amides is 1. The number of likely N-dealkylation sites (N-methyl/N-ethyl adjacent to an activating group) is 1. The van der Waals surface area contributed by atoms with E-state index in [1.807, 2.05) is 7.05 Å². The molecule has 0 saturated heterocycles. The Bertz CT molecular complexity index is 369. The molecule has 88 valence electrons. The molecule has 0 atom stereocenters. The van der Waals surface area contributed by atoms with E-state index in [4.69, 9.17) is 10.5 Å². The smallest absolute Gasteiger partial charge is 0.248 e. The predicted octanol–water partition coefficient (Wildman–Crippen LogP) is 0.661. The maximum Gasteiger partial charge on any atom is 0.248 e. The number of carbonyl (C=O) groups is 1. The molecular formula is C11H15FN2O2. The third-order valence-electron chi connectivity index (χ3n) is 2.09. The van der Waals surface area contributed by atoms with Gasteiger partial charge in [-0.3, -0.25) is 4.79 Å². The maximum atomic E-state index is 13.4. The molecule has 1 aromatic carbocycles. The number of carbonyl (C=O) groups excluding carboxylic acids is 1. The van der Waals surface area contributed by atoms with E-state index in [1.54, 1.807) is 0 Å². The van der Waals surface area contributed by atoms with Crippen molar-refractivity contribution in [2.24, 2.45) is 5.73 Å². The Kier molecular flexibility index (Phi) is 4.88. The van der Waals surface area contributed by atoms with Gasteiger partial charge >= 0.3 is 0 Å². The van der Waals surface area contributed by atoms with Crippen LogP contribution in [0.1, 0.15) is 15.9 Å². The molecule has 1 rings (SSSR count). The van der Waals surface area contributed by atoms with Crippen molar-refractivity contribution in [3.8, 4) is 0 Å². The number of hydrogen-bond donors (Lipinski definition) is 2. The van der Waals surface area contributed by atoms with Crippen molar-refractivity contribution in [2.75, 3.05) is 20.2 Å². The summed E-state index contributed by atoms with van der Waals surface area (Å²) in [6, 6.07) is 4.12. The van der Waals surface area contributed by atoms with Gasteiger partial charge in [0.15, 0.2) is 0 Å². The normalized spacial score (nSPS) is 10.4. The van der Waals surface area contributed by atoms with Gasteiger partial charge in [-0.25, -0.2) is 4.39 Å². The third-order valence-corrected chi connectivity index (χ3v) is 2.09. The van der Waals surface area contributed by atoms with Gasteiger partial charge in [0.05, 0.1) is 13.2 Å². The van der Waals surface area contributed by atoms with Crippen molar-refractivity contribution < 1.29 is 13.9 Å². The second-order valence-corrected chi connectivity index (χ2v) is 3.33. The summed E-state index contributed by atoms with van der Waals surface area (Å²) in [6.45, 7) is 1.40. The second kappa shape index (κ2) is 6.19. The highest BCUT2D eigenvalue weighted by Crippen LogP contribution is 2.11. The number of rotatable bonds is 6. The number of ether oxygens (including phenoxy) is 1. The van der Waals surface area contributed by atoms with Gasteiger partial charge in [-0.1, -0.05) is 6.07 Å². The third kappa shape index (κ3) is 3.60. The summed E-state index contributed by atoms with van der Waals surface area (Å²) < 4.78 is 18.6. The largest absolute Gasteiger partial charge is 0.375 e. The lowest BCUT2D eigenvalue weighted by Gasteiger charge is -2.06. The molecule has 0 bridgehead atoms. The molecule has 0 aliphatic carbocycles. The Balaban J connectivity index is 2.57. The molecule has 0 aromatic heterocycles. The molecule has 1 aromatic rings. The first-order valence-corrected chi connectivity index (χ1v) is 4.95. The number of primary amides is 1. The SMILES string of the molecule is CNCCOCc1ccc(C(N)=O)cc1F. The van der Waals surface area contributed by atoms with Gasteiger partial charge in [-0.05, 0) is 19.2 Å². The van der Waals surface area contributed by atoms with E-state index in [0.29, 0.717) is 18.7 Å². The summed E-state index contributed by atoms with van der Waals surface area (Å²) >= 11 is 0. The van der Waals surface area contributed by atoms with Gasteiger partial charge in [0.2, 0.25) is 5.91 Å². The quantitative estimate of drug-likeness (QED) is 0.700. The fourth-order valence-electron chi connectivity index (χ4n) is 1.17. The zero-order valence-electron chi connectivity index (χ0n) is 9.13. The lowest BCUT2D eigenvalue weighted by molar-refractivity contribution is 0.0999. The summed E-state index contributed by atoms with van der Waals surface area (Å²) in [6.07, 6.45) is 0. The first-order valence-electron chi connectivity index (χ1n) is 4.95. The molecule has 3 N–H and O–H groups in total. The molecule has 16 heavy (non-hydrogen) atoms. The highest BCUT2D eigenvalue weighted by atomic mass is 19.1. The molecule has 0 saturated carbocycles. The molecule has 4 nitrogen and oxygen atoms in total. The molecule has 1 amide bonds. The van der Waals surface area contributed by atoms with Crippen molar-refractivity contribution in [1.29, 1.82) is 0 Å². The highest BCUT2D eigenvalue weighted by molar-refractivity contribution is 5.92. The number of halogens is 1. The molecule has 0 spiro atoms. The maximum absolute atomic E-state index is 13.4. The fraction of sp³-hybridized carbons (Fsp3) is 0.364. The van der Waals surface area contributed by atoms with Crippen LogP contribution in [-0.4, -0.2) is 26.1 Å². The molecule has 0 fully saturated rings. The number of nitrogens with one attached hydrogen (secondary N) is 1. The van der Waals surface area contributed by atoms with Crippen molar-refractivity contribution in [2.45, 2.75) is 6.61 Å². The van der Waals surface area contributed by atoms with Crippen molar-refractivity contribution in [3.63, 3.8) is 0 Å². The molecule has 0 unspecified atom stereocenters. The Hall–Kier alpha value is -1.46. The van der Waals surface area contributed by atoms with Crippen LogP contribution in [0, 0.1) is 5.82 Å². The predicted molar refractivity (Wildman–Crippen MR) is 58.5 cm³/mol. The number of nitrogens with two attached hydrogens (primary N) is 1. The Morgan fingerprint density at radius 3 is 2.88 bits per heavy atom. The summed E-state index contributed by atoms with van der Waals surface area (Å²) in [5.74, 6) is -1.11. The average Bonchev–Trinajstić information content (AvgIpc) is 2.26.